The number of ketones is 1. The van der Waals surface area contributed by atoms with Gasteiger partial charge in [-0.3, -0.25) is 14.4 Å². The van der Waals surface area contributed by atoms with Gasteiger partial charge in [0.15, 0.2) is 5.78 Å². The van der Waals surface area contributed by atoms with E-state index in [-0.39, 0.29) is 29.3 Å². The largest absolute Gasteiger partial charge is 0.460 e. The van der Waals surface area contributed by atoms with Crippen molar-refractivity contribution in [3.63, 3.8) is 0 Å². The Morgan fingerprint density at radius 2 is 1.09 bits per heavy atom. The van der Waals surface area contributed by atoms with Crippen LogP contribution in [0.4, 0.5) is 0 Å². The summed E-state index contributed by atoms with van der Waals surface area (Å²) in [5, 5.41) is 2.93. The molecule has 0 saturated carbocycles. The fourth-order valence-corrected chi connectivity index (χ4v) is 4.31. The minimum absolute atomic E-state index is 0.0322. The topological polar surface area (TPSA) is 72.5 Å². The molecular formula is C30H57NO4. The maximum absolute atomic E-state index is 12.1. The van der Waals surface area contributed by atoms with E-state index in [9.17, 15) is 14.4 Å². The lowest BCUT2D eigenvalue weighted by Gasteiger charge is -2.19. The maximum Gasteiger partial charge on any atom is 0.306 e. The minimum Gasteiger partial charge on any atom is -0.460 e. The van der Waals surface area contributed by atoms with E-state index in [0.717, 1.165) is 51.4 Å². The van der Waals surface area contributed by atoms with Crippen molar-refractivity contribution in [2.24, 2.45) is 0 Å². The van der Waals surface area contributed by atoms with Crippen molar-refractivity contribution in [3.8, 4) is 0 Å². The SMILES string of the molecule is CCCCC[C@H](NC(=O)CCCCCCCCCCCCCCCCC(=O)OC(C)(C)C)C(C)=O. The number of ether oxygens (including phenoxy) is 1. The summed E-state index contributed by atoms with van der Waals surface area (Å²) in [6.45, 7) is 9.46. The second kappa shape index (κ2) is 21.9. The monoisotopic (exact) mass is 495 g/mol. The number of rotatable bonds is 23. The van der Waals surface area contributed by atoms with E-state index in [0.29, 0.717) is 12.8 Å². The lowest BCUT2D eigenvalue weighted by Crippen LogP contribution is -2.39. The lowest BCUT2D eigenvalue weighted by atomic mass is 10.0. The number of hydrogen-bond donors (Lipinski definition) is 1. The zero-order chi connectivity index (χ0) is 26.4. The first-order valence-corrected chi connectivity index (χ1v) is 14.7. The second-order valence-corrected chi connectivity index (χ2v) is 11.3. The van der Waals surface area contributed by atoms with Gasteiger partial charge in [0.1, 0.15) is 5.60 Å². The third-order valence-corrected chi connectivity index (χ3v) is 6.38. The van der Waals surface area contributed by atoms with Gasteiger partial charge in [-0.2, -0.15) is 0 Å². The molecule has 0 heterocycles. The molecule has 0 aliphatic heterocycles. The molecule has 0 aromatic rings. The maximum atomic E-state index is 12.1. The molecule has 0 bridgehead atoms. The van der Waals surface area contributed by atoms with Crippen molar-refractivity contribution in [3.05, 3.63) is 0 Å². The van der Waals surface area contributed by atoms with Crippen LogP contribution in [-0.4, -0.2) is 29.3 Å². The zero-order valence-electron chi connectivity index (χ0n) is 23.9. The van der Waals surface area contributed by atoms with E-state index in [1.54, 1.807) is 6.92 Å². The van der Waals surface area contributed by atoms with Gasteiger partial charge in [0.2, 0.25) is 5.91 Å². The molecule has 5 heteroatoms. The molecule has 0 unspecified atom stereocenters. The summed E-state index contributed by atoms with van der Waals surface area (Å²) in [5.74, 6) is 0.0356. The number of hydrogen-bond acceptors (Lipinski definition) is 4. The smallest absolute Gasteiger partial charge is 0.306 e. The Morgan fingerprint density at radius 1 is 0.657 bits per heavy atom. The van der Waals surface area contributed by atoms with Gasteiger partial charge in [-0.15, -0.1) is 0 Å². The molecule has 0 aromatic heterocycles. The van der Waals surface area contributed by atoms with E-state index in [1.807, 2.05) is 20.8 Å². The van der Waals surface area contributed by atoms with Crippen LogP contribution < -0.4 is 5.32 Å². The van der Waals surface area contributed by atoms with E-state index < -0.39 is 0 Å². The first kappa shape index (κ1) is 33.6. The third kappa shape index (κ3) is 24.1. The molecule has 0 aliphatic rings. The molecule has 35 heavy (non-hydrogen) atoms. The molecule has 1 atom stereocenters. The molecule has 1 amide bonds. The fraction of sp³-hybridized carbons (Fsp3) is 0.900. The molecule has 0 aliphatic carbocycles. The Bertz CT molecular complexity index is 553. The van der Waals surface area contributed by atoms with Gasteiger partial charge in [0.25, 0.3) is 0 Å². The molecule has 5 nitrogen and oxygen atoms in total. The molecule has 0 radical (unpaired) electrons. The highest BCUT2D eigenvalue weighted by Crippen LogP contribution is 2.15. The summed E-state index contributed by atoms with van der Waals surface area (Å²) in [6.07, 6.45) is 22.0. The summed E-state index contributed by atoms with van der Waals surface area (Å²) in [5.41, 5.74) is -0.371. The van der Waals surface area contributed by atoms with Crippen molar-refractivity contribution >= 4 is 17.7 Å². The van der Waals surface area contributed by atoms with Gasteiger partial charge < -0.3 is 10.1 Å². The summed E-state index contributed by atoms with van der Waals surface area (Å²) in [6, 6.07) is -0.293. The van der Waals surface area contributed by atoms with Crippen molar-refractivity contribution < 1.29 is 19.1 Å². The normalized spacial score (nSPS) is 12.4. The van der Waals surface area contributed by atoms with E-state index in [4.69, 9.17) is 4.74 Å². The Balaban J connectivity index is 3.43. The number of nitrogens with one attached hydrogen (secondary N) is 1. The highest BCUT2D eigenvalue weighted by Gasteiger charge is 2.16. The second-order valence-electron chi connectivity index (χ2n) is 11.3. The van der Waals surface area contributed by atoms with Gasteiger partial charge in [-0.05, 0) is 47.0 Å². The predicted octanol–water partition coefficient (Wildman–Crippen LogP) is 8.22. The summed E-state index contributed by atoms with van der Waals surface area (Å²) in [4.78, 5) is 35.5. The molecule has 1 N–H and O–H groups in total. The average molecular weight is 496 g/mol. The van der Waals surface area contributed by atoms with Crippen LogP contribution in [0.2, 0.25) is 0 Å². The average Bonchev–Trinajstić information content (AvgIpc) is 2.76. The predicted molar refractivity (Wildman–Crippen MR) is 146 cm³/mol. The number of carbonyl (C=O) groups excluding carboxylic acids is 3. The van der Waals surface area contributed by atoms with Crippen LogP contribution in [0.15, 0.2) is 0 Å². The third-order valence-electron chi connectivity index (χ3n) is 6.38. The zero-order valence-corrected chi connectivity index (χ0v) is 23.9. The summed E-state index contributed by atoms with van der Waals surface area (Å²) >= 11 is 0. The minimum atomic E-state index is -0.371. The number of unbranched alkanes of at least 4 members (excludes halogenated alkanes) is 15. The van der Waals surface area contributed by atoms with Crippen LogP contribution in [0.25, 0.3) is 0 Å². The first-order chi connectivity index (χ1) is 16.7. The Hall–Kier alpha value is -1.39. The summed E-state index contributed by atoms with van der Waals surface area (Å²) in [7, 11) is 0. The summed E-state index contributed by atoms with van der Waals surface area (Å²) < 4.78 is 5.33. The first-order valence-electron chi connectivity index (χ1n) is 14.7. The number of carbonyl (C=O) groups is 3. The highest BCUT2D eigenvalue weighted by atomic mass is 16.6. The molecule has 0 spiro atoms. The van der Waals surface area contributed by atoms with Crippen LogP contribution in [0.5, 0.6) is 0 Å². The quantitative estimate of drug-likeness (QED) is 0.114. The van der Waals surface area contributed by atoms with Crippen molar-refractivity contribution in [2.75, 3.05) is 0 Å². The fourth-order valence-electron chi connectivity index (χ4n) is 4.31. The molecule has 206 valence electrons. The van der Waals surface area contributed by atoms with Crippen molar-refractivity contribution in [1.29, 1.82) is 0 Å². The van der Waals surface area contributed by atoms with Crippen LogP contribution >= 0.6 is 0 Å². The van der Waals surface area contributed by atoms with Gasteiger partial charge in [-0.1, -0.05) is 103 Å². The van der Waals surface area contributed by atoms with Crippen LogP contribution in [0, 0.1) is 0 Å². The van der Waals surface area contributed by atoms with Gasteiger partial charge in [0, 0.05) is 12.8 Å². The molecule has 0 fully saturated rings. The van der Waals surface area contributed by atoms with E-state index >= 15 is 0 Å². The van der Waals surface area contributed by atoms with Crippen LogP contribution in [0.3, 0.4) is 0 Å². The Kier molecular flexibility index (Phi) is 21.0. The number of esters is 1. The molecule has 0 aromatic carbocycles. The van der Waals surface area contributed by atoms with Crippen molar-refractivity contribution in [1.82, 2.24) is 5.32 Å². The lowest BCUT2D eigenvalue weighted by molar-refractivity contribution is -0.154. The number of amides is 1. The molecule has 0 rings (SSSR count). The Morgan fingerprint density at radius 3 is 1.49 bits per heavy atom. The standard InChI is InChI=1S/C30H57NO4/c1-6-7-20-23-27(26(2)32)31-28(33)24-21-18-16-14-12-10-8-9-11-13-15-17-19-22-25-29(34)35-30(3,4)5/h27H,6-25H2,1-5H3,(H,31,33)/t27-/m0/s1. The highest BCUT2D eigenvalue weighted by molar-refractivity contribution is 5.87. The number of Topliss-reactive ketones (excluding diaryl/α,β-unsaturated/α-hetero) is 1. The van der Waals surface area contributed by atoms with E-state index in [1.165, 1.54) is 64.2 Å². The Labute approximate surface area is 216 Å². The van der Waals surface area contributed by atoms with Gasteiger partial charge >= 0.3 is 5.97 Å². The van der Waals surface area contributed by atoms with Crippen LogP contribution in [-0.2, 0) is 19.1 Å². The van der Waals surface area contributed by atoms with E-state index in [2.05, 4.69) is 12.2 Å². The van der Waals surface area contributed by atoms with Gasteiger partial charge in [-0.25, -0.2) is 0 Å². The van der Waals surface area contributed by atoms with Crippen molar-refractivity contribution in [2.45, 2.75) is 175 Å². The van der Waals surface area contributed by atoms with Gasteiger partial charge in [0.05, 0.1) is 6.04 Å². The molecular weight excluding hydrogens is 438 g/mol. The molecule has 0 saturated heterocycles. The van der Waals surface area contributed by atoms with Crippen LogP contribution in [0.1, 0.15) is 163 Å².